The van der Waals surface area contributed by atoms with Crippen molar-refractivity contribution in [2.24, 2.45) is 0 Å². The van der Waals surface area contributed by atoms with Gasteiger partial charge >= 0.3 is 11.9 Å². The molecule has 0 radical (unpaired) electrons. The van der Waals surface area contributed by atoms with Crippen LogP contribution in [0, 0.1) is 0 Å². The van der Waals surface area contributed by atoms with Crippen LogP contribution in [-0.2, 0) is 19.2 Å². The first-order chi connectivity index (χ1) is 8.82. The number of likely N-dealkylation sites (N-methyl/N-ethyl adjacent to an activating group) is 1. The fourth-order valence-corrected chi connectivity index (χ4v) is 1.89. The zero-order chi connectivity index (χ0) is 14.6. The molecule has 3 N–H and O–H groups in total. The molecular weight excluding hydrogens is 256 g/mol. The average molecular weight is 272 g/mol. The van der Waals surface area contributed by atoms with Gasteiger partial charge in [0.25, 0.3) is 0 Å². The molecule has 8 heteroatoms. The summed E-state index contributed by atoms with van der Waals surface area (Å²) < 4.78 is 0. The number of likely N-dealkylation sites (tertiary alicyclic amines) is 1. The van der Waals surface area contributed by atoms with Gasteiger partial charge in [0, 0.05) is 19.9 Å². The van der Waals surface area contributed by atoms with E-state index >= 15 is 0 Å². The summed E-state index contributed by atoms with van der Waals surface area (Å²) in [6.07, 6.45) is 1.59. The van der Waals surface area contributed by atoms with Crippen LogP contribution in [0.15, 0.2) is 0 Å². The Morgan fingerprint density at radius 1 is 1.16 bits per heavy atom. The zero-order valence-electron chi connectivity index (χ0n) is 10.5. The van der Waals surface area contributed by atoms with E-state index in [2.05, 4.69) is 5.32 Å². The first-order valence-corrected chi connectivity index (χ1v) is 5.83. The summed E-state index contributed by atoms with van der Waals surface area (Å²) in [6.45, 7) is 0. The van der Waals surface area contributed by atoms with Gasteiger partial charge in [-0.3, -0.25) is 9.59 Å². The molecule has 2 aliphatic rings. The van der Waals surface area contributed by atoms with Gasteiger partial charge in [0.05, 0.1) is 0 Å². The number of amides is 2. The number of carboxylic acids is 2. The van der Waals surface area contributed by atoms with E-state index in [4.69, 9.17) is 10.2 Å². The van der Waals surface area contributed by atoms with E-state index in [9.17, 15) is 19.2 Å². The van der Waals surface area contributed by atoms with Gasteiger partial charge in [0.15, 0.2) is 0 Å². The molecule has 8 nitrogen and oxygen atoms in total. The van der Waals surface area contributed by atoms with Crippen LogP contribution >= 0.6 is 0 Å². The van der Waals surface area contributed by atoms with Crippen molar-refractivity contribution in [1.82, 2.24) is 10.2 Å². The second-order valence-electron chi connectivity index (χ2n) is 4.39. The maximum Gasteiger partial charge on any atom is 0.326 e. The molecule has 0 aromatic rings. The second-order valence-corrected chi connectivity index (χ2v) is 4.39. The molecule has 2 atom stereocenters. The summed E-state index contributed by atoms with van der Waals surface area (Å²) in [6, 6.07) is -1.23. The van der Waals surface area contributed by atoms with Gasteiger partial charge in [-0.05, 0) is 12.8 Å². The Labute approximate surface area is 109 Å². The molecule has 2 fully saturated rings. The molecule has 0 aromatic carbocycles. The SMILES string of the molecule is CN1C(=O)CCC1C(=O)O.O=C1CCC(C(=O)O)N1. The van der Waals surface area contributed by atoms with Crippen molar-refractivity contribution in [2.75, 3.05) is 7.05 Å². The Bertz CT molecular complexity index is 408. The van der Waals surface area contributed by atoms with E-state index in [1.54, 1.807) is 0 Å². The van der Waals surface area contributed by atoms with Crippen molar-refractivity contribution in [2.45, 2.75) is 37.8 Å². The first-order valence-electron chi connectivity index (χ1n) is 5.83. The third kappa shape index (κ3) is 3.94. The summed E-state index contributed by atoms with van der Waals surface area (Å²) in [5.74, 6) is -2.09. The van der Waals surface area contributed by atoms with Crippen LogP contribution in [0.3, 0.4) is 0 Å². The van der Waals surface area contributed by atoms with Crippen molar-refractivity contribution in [3.8, 4) is 0 Å². The molecule has 2 saturated heterocycles. The molecule has 2 amide bonds. The molecule has 2 unspecified atom stereocenters. The van der Waals surface area contributed by atoms with Crippen LogP contribution in [0.4, 0.5) is 0 Å². The van der Waals surface area contributed by atoms with Gasteiger partial charge in [-0.15, -0.1) is 0 Å². The molecule has 2 heterocycles. The lowest BCUT2D eigenvalue weighted by atomic mass is 10.2. The maximum atomic E-state index is 10.8. The van der Waals surface area contributed by atoms with Crippen LogP contribution in [0.2, 0.25) is 0 Å². The predicted molar refractivity (Wildman–Crippen MR) is 62.2 cm³/mol. The molecule has 0 saturated carbocycles. The molecule has 0 aromatic heterocycles. The smallest absolute Gasteiger partial charge is 0.326 e. The molecule has 0 aliphatic carbocycles. The van der Waals surface area contributed by atoms with E-state index in [1.165, 1.54) is 11.9 Å². The van der Waals surface area contributed by atoms with Crippen LogP contribution in [0.5, 0.6) is 0 Å². The Balaban J connectivity index is 0.000000191. The number of nitrogens with one attached hydrogen (secondary N) is 1. The van der Waals surface area contributed by atoms with Crippen LogP contribution in [0.1, 0.15) is 25.7 Å². The van der Waals surface area contributed by atoms with Gasteiger partial charge in [-0.2, -0.15) is 0 Å². The molecule has 19 heavy (non-hydrogen) atoms. The Hall–Kier alpha value is -2.12. The maximum absolute atomic E-state index is 10.8. The summed E-state index contributed by atoms with van der Waals surface area (Å²) in [5.41, 5.74) is 0. The van der Waals surface area contributed by atoms with Crippen molar-refractivity contribution in [3.63, 3.8) is 0 Å². The summed E-state index contributed by atoms with van der Waals surface area (Å²) in [7, 11) is 1.52. The van der Waals surface area contributed by atoms with Crippen LogP contribution in [0.25, 0.3) is 0 Å². The third-order valence-electron chi connectivity index (χ3n) is 3.07. The normalized spacial score (nSPS) is 25.6. The molecule has 2 rings (SSSR count). The van der Waals surface area contributed by atoms with Gasteiger partial charge in [0.2, 0.25) is 11.8 Å². The quantitative estimate of drug-likeness (QED) is 0.595. The Morgan fingerprint density at radius 3 is 2.00 bits per heavy atom. The number of hydrogen-bond acceptors (Lipinski definition) is 4. The van der Waals surface area contributed by atoms with Gasteiger partial charge in [-0.25, -0.2) is 9.59 Å². The fourth-order valence-electron chi connectivity index (χ4n) is 1.89. The number of carboxylic acid groups (broad SMARTS) is 2. The van der Waals surface area contributed by atoms with Gasteiger partial charge in [0.1, 0.15) is 12.1 Å². The minimum Gasteiger partial charge on any atom is -0.480 e. The standard InChI is InChI=1S/C6H9NO3.C5H7NO3/c1-7-4(6(9)10)2-3-5(7)8;7-4-2-1-3(6-4)5(8)9/h4H,2-3H2,1H3,(H,9,10);3H,1-2H2,(H,6,7)(H,8,9). The highest BCUT2D eigenvalue weighted by Gasteiger charge is 2.32. The van der Waals surface area contributed by atoms with Gasteiger partial charge in [-0.1, -0.05) is 0 Å². The third-order valence-corrected chi connectivity index (χ3v) is 3.07. The van der Waals surface area contributed by atoms with E-state index < -0.39 is 24.0 Å². The Kier molecular flexibility index (Phi) is 4.85. The first kappa shape index (κ1) is 14.9. The molecule has 2 aliphatic heterocycles. The van der Waals surface area contributed by atoms with Crippen LogP contribution < -0.4 is 5.32 Å². The lowest BCUT2D eigenvalue weighted by molar-refractivity contribution is -0.145. The van der Waals surface area contributed by atoms with Crippen molar-refractivity contribution < 1.29 is 29.4 Å². The van der Waals surface area contributed by atoms with E-state index in [1.807, 2.05) is 0 Å². The highest BCUT2D eigenvalue weighted by molar-refractivity contribution is 5.87. The largest absolute Gasteiger partial charge is 0.480 e. The molecule has 106 valence electrons. The van der Waals surface area contributed by atoms with Gasteiger partial charge < -0.3 is 20.4 Å². The number of carbonyl (C=O) groups excluding carboxylic acids is 2. The number of aliphatic carboxylic acids is 2. The van der Waals surface area contributed by atoms with E-state index in [0.717, 1.165) is 0 Å². The Morgan fingerprint density at radius 2 is 1.79 bits per heavy atom. The minimum atomic E-state index is -0.944. The van der Waals surface area contributed by atoms with Crippen molar-refractivity contribution in [1.29, 1.82) is 0 Å². The molecular formula is C11H16N2O6. The number of rotatable bonds is 2. The van der Waals surface area contributed by atoms with Crippen LogP contribution in [-0.4, -0.2) is 58.0 Å². The highest BCUT2D eigenvalue weighted by Crippen LogP contribution is 2.15. The summed E-state index contributed by atoms with van der Waals surface area (Å²) in [4.78, 5) is 42.9. The lowest BCUT2D eigenvalue weighted by Crippen LogP contribution is -2.34. The fraction of sp³-hybridized carbons (Fsp3) is 0.636. The van der Waals surface area contributed by atoms with E-state index in [0.29, 0.717) is 25.7 Å². The van der Waals surface area contributed by atoms with Crippen molar-refractivity contribution in [3.05, 3.63) is 0 Å². The monoisotopic (exact) mass is 272 g/mol. The molecule has 0 bridgehead atoms. The van der Waals surface area contributed by atoms with E-state index in [-0.39, 0.29) is 11.8 Å². The average Bonchev–Trinajstić information content (AvgIpc) is 2.88. The number of hydrogen-bond donors (Lipinski definition) is 3. The topological polar surface area (TPSA) is 124 Å². The second kappa shape index (κ2) is 6.17. The minimum absolute atomic E-state index is 0.0765. The van der Waals surface area contributed by atoms with Crippen molar-refractivity contribution >= 4 is 23.8 Å². The summed E-state index contributed by atoms with van der Waals surface area (Å²) >= 11 is 0. The molecule has 0 spiro atoms. The predicted octanol–water partition coefficient (Wildman–Crippen LogP) is -0.959. The summed E-state index contributed by atoms with van der Waals surface area (Å²) in [5, 5.41) is 19.1. The highest BCUT2D eigenvalue weighted by atomic mass is 16.4. The zero-order valence-corrected chi connectivity index (χ0v) is 10.5. The number of carbonyl (C=O) groups is 4. The number of nitrogens with zero attached hydrogens (tertiary/aromatic N) is 1. The lowest BCUT2D eigenvalue weighted by Gasteiger charge is -2.14.